The van der Waals surface area contributed by atoms with Gasteiger partial charge in [-0.15, -0.1) is 0 Å². The number of aliphatic hydroxyl groups excluding tert-OH is 1. The van der Waals surface area contributed by atoms with Crippen molar-refractivity contribution in [3.8, 4) is 11.5 Å². The Balaban J connectivity index is 1.71. The minimum Gasteiger partial charge on any atom is -0.509 e. The molecule has 0 atom stereocenters. The van der Waals surface area contributed by atoms with E-state index in [0.717, 1.165) is 18.4 Å². The molecule has 2 N–H and O–H groups in total. The van der Waals surface area contributed by atoms with E-state index in [2.05, 4.69) is 10.3 Å². The number of aryl methyl sites for hydroxylation is 1. The fourth-order valence-corrected chi connectivity index (χ4v) is 3.92. The molecular weight excluding hydrogens is 332 g/mol. The van der Waals surface area contributed by atoms with Crippen molar-refractivity contribution in [2.24, 2.45) is 0 Å². The van der Waals surface area contributed by atoms with Gasteiger partial charge in [0.1, 0.15) is 22.8 Å². The molecule has 0 unspecified atom stereocenters. The fraction of sp³-hybridized carbons (Fsp3) is 0.400. The summed E-state index contributed by atoms with van der Waals surface area (Å²) in [6.45, 7) is 1.76. The molecule has 6 heteroatoms. The zero-order chi connectivity index (χ0) is 18.3. The zero-order valence-corrected chi connectivity index (χ0v) is 14.9. The number of aliphatic hydroxyl groups is 1. The van der Waals surface area contributed by atoms with Crippen molar-refractivity contribution >= 4 is 11.5 Å². The topological polar surface area (TPSA) is 84.6 Å². The summed E-state index contributed by atoms with van der Waals surface area (Å²) in [6.07, 6.45) is 3.06. The van der Waals surface area contributed by atoms with Crippen molar-refractivity contribution in [1.82, 2.24) is 10.3 Å². The number of ether oxygens (including phenoxy) is 1. The molecule has 1 aromatic carbocycles. The van der Waals surface area contributed by atoms with Crippen LogP contribution in [0.5, 0.6) is 0 Å². The fourth-order valence-electron chi connectivity index (χ4n) is 3.92. The highest BCUT2D eigenvalue weighted by Gasteiger charge is 2.49. The van der Waals surface area contributed by atoms with Crippen LogP contribution in [0.3, 0.4) is 0 Å². The molecule has 1 aliphatic carbocycles. The molecule has 2 aromatic rings. The molecule has 1 aliphatic heterocycles. The lowest BCUT2D eigenvalue weighted by molar-refractivity contribution is -0.116. The number of oxazole rings is 1. The second-order valence-electron chi connectivity index (χ2n) is 6.98. The first-order valence-electron chi connectivity index (χ1n) is 8.86. The van der Waals surface area contributed by atoms with E-state index in [-0.39, 0.29) is 23.3 Å². The standard InChI is InChI=1S/C20H22N2O4/c1-12-16(21-19(26-12)13-6-4-3-5-7-13)15-17(23)20(22-18(15)24)10-8-14(25-2)9-11-20/h3-7,14,23H,8-11H2,1-2H3,(H,22,24). The van der Waals surface area contributed by atoms with Gasteiger partial charge in [0, 0.05) is 12.7 Å². The molecule has 1 saturated carbocycles. The van der Waals surface area contributed by atoms with Gasteiger partial charge in [0.25, 0.3) is 5.91 Å². The first-order valence-corrected chi connectivity index (χ1v) is 8.86. The quantitative estimate of drug-likeness (QED) is 0.883. The SMILES string of the molecule is COC1CCC2(CC1)NC(=O)C(c1nc(-c3ccccc3)oc1C)=C2O. The average Bonchev–Trinajstić information content (AvgIpc) is 3.14. The Labute approximate surface area is 151 Å². The maximum Gasteiger partial charge on any atom is 0.257 e. The van der Waals surface area contributed by atoms with E-state index in [1.54, 1.807) is 14.0 Å². The number of nitrogens with zero attached hydrogens (tertiary/aromatic N) is 1. The largest absolute Gasteiger partial charge is 0.509 e. The number of carbonyl (C=O) groups excluding carboxylic acids is 1. The van der Waals surface area contributed by atoms with Crippen molar-refractivity contribution in [3.05, 3.63) is 47.5 Å². The smallest absolute Gasteiger partial charge is 0.257 e. The van der Waals surface area contributed by atoms with Gasteiger partial charge in [-0.05, 0) is 44.7 Å². The summed E-state index contributed by atoms with van der Waals surface area (Å²) in [5, 5.41) is 13.9. The molecule has 2 heterocycles. The Morgan fingerprint density at radius 3 is 2.62 bits per heavy atom. The van der Waals surface area contributed by atoms with Crippen LogP contribution in [0.15, 0.2) is 40.5 Å². The summed E-state index contributed by atoms with van der Waals surface area (Å²) in [7, 11) is 1.70. The molecule has 4 rings (SSSR count). The minimum absolute atomic E-state index is 0.0769. The third kappa shape index (κ3) is 2.61. The van der Waals surface area contributed by atoms with Gasteiger partial charge in [-0.1, -0.05) is 18.2 Å². The molecule has 0 saturated heterocycles. The van der Waals surface area contributed by atoms with Gasteiger partial charge in [-0.25, -0.2) is 4.98 Å². The maximum atomic E-state index is 12.7. The van der Waals surface area contributed by atoms with Gasteiger partial charge in [0.05, 0.1) is 11.6 Å². The molecule has 1 spiro atoms. The third-order valence-corrected chi connectivity index (χ3v) is 5.44. The highest BCUT2D eigenvalue weighted by Crippen LogP contribution is 2.42. The highest BCUT2D eigenvalue weighted by atomic mass is 16.5. The Morgan fingerprint density at radius 1 is 1.27 bits per heavy atom. The van der Waals surface area contributed by atoms with Crippen LogP contribution in [0.4, 0.5) is 0 Å². The number of aromatic nitrogens is 1. The lowest BCUT2D eigenvalue weighted by Gasteiger charge is -2.36. The van der Waals surface area contributed by atoms with Gasteiger partial charge in [-0.2, -0.15) is 0 Å². The number of hydrogen-bond donors (Lipinski definition) is 2. The molecular formula is C20H22N2O4. The molecule has 1 fully saturated rings. The van der Waals surface area contributed by atoms with E-state index in [0.29, 0.717) is 30.2 Å². The molecule has 6 nitrogen and oxygen atoms in total. The van der Waals surface area contributed by atoms with Crippen LogP contribution in [0.2, 0.25) is 0 Å². The Kier molecular flexibility index (Phi) is 4.07. The number of amides is 1. The predicted molar refractivity (Wildman–Crippen MR) is 96.4 cm³/mol. The Hall–Kier alpha value is -2.60. The van der Waals surface area contributed by atoms with Crippen LogP contribution in [0, 0.1) is 6.92 Å². The zero-order valence-electron chi connectivity index (χ0n) is 14.9. The van der Waals surface area contributed by atoms with E-state index in [1.807, 2.05) is 30.3 Å². The molecule has 0 bridgehead atoms. The number of carbonyl (C=O) groups is 1. The van der Waals surface area contributed by atoms with Crippen molar-refractivity contribution in [1.29, 1.82) is 0 Å². The number of benzene rings is 1. The Morgan fingerprint density at radius 2 is 1.96 bits per heavy atom. The third-order valence-electron chi connectivity index (χ3n) is 5.44. The molecule has 1 amide bonds. The summed E-state index contributed by atoms with van der Waals surface area (Å²) in [5.74, 6) is 0.737. The second kappa shape index (κ2) is 6.29. The first kappa shape index (κ1) is 16.8. The molecule has 2 aliphatic rings. The molecule has 136 valence electrons. The summed E-state index contributed by atoms with van der Waals surface area (Å²) in [4.78, 5) is 17.2. The van der Waals surface area contributed by atoms with Crippen LogP contribution in [0.25, 0.3) is 17.0 Å². The van der Waals surface area contributed by atoms with Crippen molar-refractivity contribution in [2.45, 2.75) is 44.2 Å². The summed E-state index contributed by atoms with van der Waals surface area (Å²) >= 11 is 0. The number of hydrogen-bond acceptors (Lipinski definition) is 5. The minimum atomic E-state index is -0.709. The lowest BCUT2D eigenvalue weighted by Crippen LogP contribution is -2.48. The van der Waals surface area contributed by atoms with E-state index in [4.69, 9.17) is 9.15 Å². The van der Waals surface area contributed by atoms with E-state index < -0.39 is 5.54 Å². The van der Waals surface area contributed by atoms with Crippen LogP contribution >= 0.6 is 0 Å². The van der Waals surface area contributed by atoms with Gasteiger partial charge in [0.15, 0.2) is 0 Å². The second-order valence-corrected chi connectivity index (χ2v) is 6.98. The van der Waals surface area contributed by atoms with Crippen LogP contribution in [-0.2, 0) is 9.53 Å². The molecule has 0 radical (unpaired) electrons. The van der Waals surface area contributed by atoms with Gasteiger partial charge < -0.3 is 19.6 Å². The van der Waals surface area contributed by atoms with Crippen molar-refractivity contribution in [2.75, 3.05) is 7.11 Å². The number of rotatable bonds is 3. The number of nitrogens with one attached hydrogen (secondary N) is 1. The van der Waals surface area contributed by atoms with Gasteiger partial charge in [-0.3, -0.25) is 4.79 Å². The lowest BCUT2D eigenvalue weighted by atomic mass is 9.79. The van der Waals surface area contributed by atoms with Crippen molar-refractivity contribution < 1.29 is 19.1 Å². The molecule has 1 aromatic heterocycles. The van der Waals surface area contributed by atoms with Crippen LogP contribution in [0.1, 0.15) is 37.1 Å². The summed E-state index contributed by atoms with van der Waals surface area (Å²) in [6, 6.07) is 9.50. The van der Waals surface area contributed by atoms with E-state index >= 15 is 0 Å². The maximum absolute atomic E-state index is 12.7. The molecule has 26 heavy (non-hydrogen) atoms. The Bertz CT molecular complexity index is 861. The van der Waals surface area contributed by atoms with Crippen LogP contribution in [-0.4, -0.2) is 34.8 Å². The summed E-state index contributed by atoms with van der Waals surface area (Å²) in [5.41, 5.74) is 0.754. The monoisotopic (exact) mass is 354 g/mol. The first-order chi connectivity index (χ1) is 12.5. The average molecular weight is 354 g/mol. The van der Waals surface area contributed by atoms with E-state index in [1.165, 1.54) is 0 Å². The highest BCUT2D eigenvalue weighted by molar-refractivity contribution is 6.23. The van der Waals surface area contributed by atoms with E-state index in [9.17, 15) is 9.90 Å². The van der Waals surface area contributed by atoms with Crippen LogP contribution < -0.4 is 5.32 Å². The normalized spacial score (nSPS) is 25.8. The van der Waals surface area contributed by atoms with Gasteiger partial charge in [0.2, 0.25) is 5.89 Å². The number of methoxy groups -OCH3 is 1. The predicted octanol–water partition coefficient (Wildman–Crippen LogP) is 3.38. The van der Waals surface area contributed by atoms with Crippen molar-refractivity contribution in [3.63, 3.8) is 0 Å². The summed E-state index contributed by atoms with van der Waals surface area (Å²) < 4.78 is 11.2. The van der Waals surface area contributed by atoms with Gasteiger partial charge >= 0.3 is 0 Å².